The average Bonchev–Trinajstić information content (AvgIpc) is 2.37. The van der Waals surface area contributed by atoms with E-state index in [9.17, 15) is 14.7 Å². The van der Waals surface area contributed by atoms with Crippen LogP contribution in [0.15, 0.2) is 24.3 Å². The van der Waals surface area contributed by atoms with E-state index in [4.69, 9.17) is 21.4 Å². The molecule has 3 N–H and O–H groups in total. The van der Waals surface area contributed by atoms with Gasteiger partial charge in [-0.25, -0.2) is 9.78 Å². The molecule has 104 valence electrons. The maximum absolute atomic E-state index is 11.3. The Labute approximate surface area is 117 Å². The Kier molecular flexibility index (Phi) is 3.90. The number of nitrogens with one attached hydrogen (secondary N) is 1. The van der Waals surface area contributed by atoms with Gasteiger partial charge in [0, 0.05) is 10.4 Å². The molecule has 0 saturated heterocycles. The summed E-state index contributed by atoms with van der Waals surface area (Å²) in [6, 6.07) is 6.13. The summed E-state index contributed by atoms with van der Waals surface area (Å²) in [4.78, 5) is 25.5. The lowest BCUT2D eigenvalue weighted by molar-refractivity contribution is -0.135. The first-order valence-electron chi connectivity index (χ1n) is 5.42. The van der Waals surface area contributed by atoms with E-state index in [2.05, 4.69) is 4.98 Å². The maximum atomic E-state index is 11.3. The number of aromatic hydroxyl groups is 1. The smallest absolute Gasteiger partial charge is 0.414 e. The predicted octanol–water partition coefficient (Wildman–Crippen LogP) is 1.77. The highest BCUT2D eigenvalue weighted by atomic mass is 35.5. The second kappa shape index (κ2) is 5.62. The molecule has 7 nitrogen and oxygen atoms in total. The van der Waals surface area contributed by atoms with Crippen molar-refractivity contribution in [2.45, 2.75) is 0 Å². The molecular formula is C12H9ClN2O5. The highest BCUT2D eigenvalue weighted by molar-refractivity contribution is 6.31. The largest absolute Gasteiger partial charge is 0.503 e. The maximum Gasteiger partial charge on any atom is 0.414 e. The van der Waals surface area contributed by atoms with Crippen LogP contribution in [0.5, 0.6) is 11.6 Å². The number of carbonyl (C=O) groups is 2. The van der Waals surface area contributed by atoms with Gasteiger partial charge < -0.3 is 20.3 Å². The third-order valence-electron chi connectivity index (χ3n) is 2.30. The highest BCUT2D eigenvalue weighted by Crippen LogP contribution is 2.29. The molecule has 0 unspecified atom stereocenters. The van der Waals surface area contributed by atoms with Crippen LogP contribution in [-0.2, 0) is 4.79 Å². The molecule has 0 bridgehead atoms. The molecule has 2 aromatic rings. The Morgan fingerprint density at radius 2 is 2.10 bits per heavy atom. The number of aliphatic carboxylic acids is 1. The zero-order chi connectivity index (χ0) is 14.7. The fourth-order valence-electron chi connectivity index (χ4n) is 1.47. The van der Waals surface area contributed by atoms with E-state index in [0.29, 0.717) is 15.9 Å². The van der Waals surface area contributed by atoms with E-state index in [1.165, 1.54) is 6.07 Å². The van der Waals surface area contributed by atoms with Crippen molar-refractivity contribution in [2.24, 2.45) is 0 Å². The van der Waals surface area contributed by atoms with Gasteiger partial charge in [-0.3, -0.25) is 4.79 Å². The van der Waals surface area contributed by atoms with Crippen LogP contribution in [0.1, 0.15) is 0 Å². The van der Waals surface area contributed by atoms with Crippen LogP contribution in [0.4, 0.5) is 4.79 Å². The number of carboxylic acid groups (broad SMARTS) is 1. The third-order valence-corrected chi connectivity index (χ3v) is 2.53. The van der Waals surface area contributed by atoms with Gasteiger partial charge in [-0.15, -0.1) is 0 Å². The number of hydrogen-bond donors (Lipinski definition) is 3. The Hall–Kier alpha value is -2.54. The van der Waals surface area contributed by atoms with E-state index >= 15 is 0 Å². The Morgan fingerprint density at radius 1 is 1.35 bits per heavy atom. The fourth-order valence-corrected chi connectivity index (χ4v) is 1.65. The van der Waals surface area contributed by atoms with Crippen molar-refractivity contribution in [2.75, 3.05) is 6.54 Å². The summed E-state index contributed by atoms with van der Waals surface area (Å²) < 4.78 is 4.73. The number of pyridine rings is 1. The van der Waals surface area contributed by atoms with Crippen molar-refractivity contribution in [3.05, 3.63) is 29.3 Å². The van der Waals surface area contributed by atoms with Crippen molar-refractivity contribution >= 4 is 34.6 Å². The van der Waals surface area contributed by atoms with Crippen molar-refractivity contribution in [1.82, 2.24) is 10.3 Å². The molecule has 0 saturated carbocycles. The van der Waals surface area contributed by atoms with Gasteiger partial charge >= 0.3 is 12.1 Å². The summed E-state index contributed by atoms with van der Waals surface area (Å²) in [7, 11) is 0. The lowest BCUT2D eigenvalue weighted by Crippen LogP contribution is -2.31. The molecule has 1 aromatic heterocycles. The molecule has 8 heteroatoms. The number of benzene rings is 1. The molecule has 0 radical (unpaired) electrons. The van der Waals surface area contributed by atoms with Gasteiger partial charge in [0.15, 0.2) is 5.75 Å². The van der Waals surface area contributed by atoms with Gasteiger partial charge in [0.2, 0.25) is 0 Å². The first-order chi connectivity index (χ1) is 9.45. The number of ether oxygens (including phenoxy) is 1. The van der Waals surface area contributed by atoms with E-state index in [1.54, 1.807) is 18.2 Å². The zero-order valence-electron chi connectivity index (χ0n) is 9.96. The van der Waals surface area contributed by atoms with Crippen LogP contribution in [-0.4, -0.2) is 33.8 Å². The molecule has 2 rings (SSSR count). The Morgan fingerprint density at radius 3 is 2.80 bits per heavy atom. The normalized spacial score (nSPS) is 10.2. The molecule has 0 aliphatic heterocycles. The molecule has 0 spiro atoms. The summed E-state index contributed by atoms with van der Waals surface area (Å²) in [5.74, 6) is -1.89. The Balaban J connectivity index is 2.22. The third kappa shape index (κ3) is 3.27. The van der Waals surface area contributed by atoms with E-state index in [0.717, 1.165) is 0 Å². The summed E-state index contributed by atoms with van der Waals surface area (Å²) in [5.41, 5.74) is 0.466. The number of aromatic nitrogens is 1. The van der Waals surface area contributed by atoms with Crippen LogP contribution < -0.4 is 10.1 Å². The molecular weight excluding hydrogens is 288 g/mol. The van der Waals surface area contributed by atoms with Gasteiger partial charge in [-0.1, -0.05) is 11.6 Å². The quantitative estimate of drug-likeness (QED) is 0.796. The van der Waals surface area contributed by atoms with Gasteiger partial charge in [0.1, 0.15) is 6.54 Å². The minimum absolute atomic E-state index is 0.317. The van der Waals surface area contributed by atoms with E-state index in [-0.39, 0.29) is 11.6 Å². The SMILES string of the molecule is O=C(O)CNC(=O)Oc1nc2ccc(Cl)cc2cc1O. The van der Waals surface area contributed by atoms with Gasteiger partial charge in [-0.2, -0.15) is 0 Å². The molecule has 1 heterocycles. The lowest BCUT2D eigenvalue weighted by atomic mass is 10.2. The zero-order valence-corrected chi connectivity index (χ0v) is 10.7. The second-order valence-electron chi connectivity index (χ2n) is 3.79. The average molecular weight is 297 g/mol. The number of carbonyl (C=O) groups excluding carboxylic acids is 1. The first kappa shape index (κ1) is 13.9. The van der Waals surface area contributed by atoms with Crippen molar-refractivity contribution in [3.8, 4) is 11.6 Å². The molecule has 20 heavy (non-hydrogen) atoms. The highest BCUT2D eigenvalue weighted by Gasteiger charge is 2.13. The standard InChI is InChI=1S/C12H9ClN2O5/c13-7-1-2-8-6(3-7)4-9(16)11(15-8)20-12(19)14-5-10(17)18/h1-4,16H,5H2,(H,14,19)(H,17,18). The molecule has 0 aliphatic carbocycles. The number of halogens is 1. The number of carboxylic acids is 1. The number of nitrogens with zero attached hydrogens (tertiary/aromatic N) is 1. The fraction of sp³-hybridized carbons (Fsp3) is 0.0833. The second-order valence-corrected chi connectivity index (χ2v) is 4.22. The Bertz CT molecular complexity index is 689. The summed E-state index contributed by atoms with van der Waals surface area (Å²) >= 11 is 5.81. The molecule has 1 aromatic carbocycles. The number of rotatable bonds is 3. The van der Waals surface area contributed by atoms with Crippen molar-refractivity contribution in [1.29, 1.82) is 0 Å². The molecule has 1 amide bonds. The van der Waals surface area contributed by atoms with Crippen molar-refractivity contribution in [3.63, 3.8) is 0 Å². The number of fused-ring (bicyclic) bond motifs is 1. The van der Waals surface area contributed by atoms with Gasteiger partial charge in [0.05, 0.1) is 5.52 Å². The molecule has 0 fully saturated rings. The van der Waals surface area contributed by atoms with Crippen LogP contribution in [0.25, 0.3) is 10.9 Å². The van der Waals surface area contributed by atoms with Gasteiger partial charge in [-0.05, 0) is 24.3 Å². The minimum atomic E-state index is -1.22. The van der Waals surface area contributed by atoms with E-state index < -0.39 is 18.6 Å². The van der Waals surface area contributed by atoms with Gasteiger partial charge in [0.25, 0.3) is 5.88 Å². The van der Waals surface area contributed by atoms with Crippen LogP contribution >= 0.6 is 11.6 Å². The monoisotopic (exact) mass is 296 g/mol. The topological polar surface area (TPSA) is 109 Å². The molecule has 0 atom stereocenters. The number of amides is 1. The summed E-state index contributed by atoms with van der Waals surface area (Å²) in [5, 5.41) is 21.1. The molecule has 0 aliphatic rings. The van der Waals surface area contributed by atoms with Crippen LogP contribution in [0, 0.1) is 0 Å². The lowest BCUT2D eigenvalue weighted by Gasteiger charge is -2.07. The summed E-state index contributed by atoms with van der Waals surface area (Å²) in [6.45, 7) is -0.594. The summed E-state index contributed by atoms with van der Waals surface area (Å²) in [6.07, 6.45) is -1.02. The van der Waals surface area contributed by atoms with Crippen LogP contribution in [0.2, 0.25) is 5.02 Å². The first-order valence-corrected chi connectivity index (χ1v) is 5.80. The number of hydrogen-bond acceptors (Lipinski definition) is 5. The van der Waals surface area contributed by atoms with Crippen molar-refractivity contribution < 1.29 is 24.5 Å². The van der Waals surface area contributed by atoms with E-state index in [1.807, 2.05) is 5.32 Å². The predicted molar refractivity (Wildman–Crippen MR) is 70.1 cm³/mol. The van der Waals surface area contributed by atoms with Crippen LogP contribution in [0.3, 0.4) is 0 Å². The minimum Gasteiger partial charge on any atom is -0.503 e.